The zero-order chi connectivity index (χ0) is 14.5. The van der Waals surface area contributed by atoms with E-state index < -0.39 is 6.36 Å². The fraction of sp³-hybridized carbons (Fsp3) is 0.538. The maximum Gasteiger partial charge on any atom is 0.573 e. The lowest BCUT2D eigenvalue weighted by atomic mass is 10.1. The van der Waals surface area contributed by atoms with E-state index in [0.717, 1.165) is 0 Å². The van der Waals surface area contributed by atoms with Gasteiger partial charge in [-0.15, -0.1) is 13.2 Å². The van der Waals surface area contributed by atoms with Crippen LogP contribution < -0.4 is 10.1 Å². The molecule has 1 aromatic rings. The number of rotatable bonds is 6. The fourth-order valence-corrected chi connectivity index (χ4v) is 1.62. The lowest BCUT2D eigenvalue weighted by Crippen LogP contribution is -2.42. The van der Waals surface area contributed by atoms with E-state index >= 15 is 0 Å². The van der Waals surface area contributed by atoms with Gasteiger partial charge in [-0.3, -0.25) is 0 Å². The van der Waals surface area contributed by atoms with Crippen LogP contribution in [0, 0.1) is 0 Å². The van der Waals surface area contributed by atoms with Gasteiger partial charge in [-0.1, -0.05) is 18.2 Å². The maximum atomic E-state index is 12.3. The second-order valence-electron chi connectivity index (χ2n) is 4.83. The quantitative estimate of drug-likeness (QED) is 0.866. The van der Waals surface area contributed by atoms with Gasteiger partial charge in [-0.2, -0.15) is 0 Å². The van der Waals surface area contributed by atoms with E-state index in [1.165, 1.54) is 12.1 Å². The van der Waals surface area contributed by atoms with Gasteiger partial charge < -0.3 is 14.8 Å². The van der Waals surface area contributed by atoms with Gasteiger partial charge in [0.15, 0.2) is 0 Å². The average molecular weight is 277 g/mol. The highest BCUT2D eigenvalue weighted by Gasteiger charge is 2.32. The molecule has 0 radical (unpaired) electrons. The van der Waals surface area contributed by atoms with E-state index in [1.54, 1.807) is 19.2 Å². The summed E-state index contributed by atoms with van der Waals surface area (Å²) in [6.07, 6.45) is -4.68. The largest absolute Gasteiger partial charge is 0.573 e. The Bertz CT molecular complexity index is 405. The molecule has 0 aliphatic rings. The Hall–Kier alpha value is -1.27. The third-order valence-corrected chi connectivity index (χ3v) is 2.46. The first-order valence-electron chi connectivity index (χ1n) is 5.81. The molecule has 19 heavy (non-hydrogen) atoms. The van der Waals surface area contributed by atoms with Crippen LogP contribution in [-0.4, -0.2) is 25.6 Å². The first-order chi connectivity index (χ1) is 8.73. The minimum Gasteiger partial charge on any atom is -0.405 e. The number of nitrogens with one attached hydrogen (secondary N) is 1. The molecule has 6 heteroatoms. The SMILES string of the molecule is COCC(C)(C)NCc1ccccc1OC(F)(F)F. The van der Waals surface area contributed by atoms with Crippen LogP contribution in [0.15, 0.2) is 24.3 Å². The first-order valence-corrected chi connectivity index (χ1v) is 5.81. The van der Waals surface area contributed by atoms with Crippen molar-refractivity contribution in [2.24, 2.45) is 0 Å². The van der Waals surface area contributed by atoms with Crippen LogP contribution >= 0.6 is 0 Å². The molecule has 1 rings (SSSR count). The summed E-state index contributed by atoms with van der Waals surface area (Å²) in [4.78, 5) is 0. The van der Waals surface area contributed by atoms with E-state index in [0.29, 0.717) is 12.2 Å². The number of hydrogen-bond acceptors (Lipinski definition) is 3. The standard InChI is InChI=1S/C13H18F3NO2/c1-12(2,9-18-3)17-8-10-6-4-5-7-11(10)19-13(14,15)16/h4-7,17H,8-9H2,1-3H3. The average Bonchev–Trinajstić information content (AvgIpc) is 2.26. The number of para-hydroxylation sites is 1. The van der Waals surface area contributed by atoms with E-state index in [1.807, 2.05) is 13.8 Å². The summed E-state index contributed by atoms with van der Waals surface area (Å²) in [6, 6.07) is 6.07. The second-order valence-corrected chi connectivity index (χ2v) is 4.83. The van der Waals surface area contributed by atoms with Gasteiger partial charge >= 0.3 is 6.36 Å². The molecule has 0 aliphatic carbocycles. The highest BCUT2D eigenvalue weighted by atomic mass is 19.4. The molecule has 1 N–H and O–H groups in total. The molecule has 0 saturated heterocycles. The summed E-state index contributed by atoms with van der Waals surface area (Å²) in [7, 11) is 1.57. The van der Waals surface area contributed by atoms with E-state index in [9.17, 15) is 13.2 Å². The molecular formula is C13H18F3NO2. The molecule has 0 aromatic heterocycles. The zero-order valence-corrected chi connectivity index (χ0v) is 11.2. The van der Waals surface area contributed by atoms with Crippen LogP contribution in [0.2, 0.25) is 0 Å². The number of halogens is 3. The predicted octanol–water partition coefficient (Wildman–Crippen LogP) is 3.10. The van der Waals surface area contributed by atoms with Crippen molar-refractivity contribution in [1.82, 2.24) is 5.32 Å². The number of alkyl halides is 3. The molecule has 0 atom stereocenters. The van der Waals surface area contributed by atoms with Crippen molar-refractivity contribution in [3.63, 3.8) is 0 Å². The van der Waals surface area contributed by atoms with Crippen LogP contribution in [0.3, 0.4) is 0 Å². The van der Waals surface area contributed by atoms with Crippen molar-refractivity contribution >= 4 is 0 Å². The Balaban J connectivity index is 2.73. The highest BCUT2D eigenvalue weighted by Crippen LogP contribution is 2.26. The van der Waals surface area contributed by atoms with Gasteiger partial charge in [0.1, 0.15) is 5.75 Å². The van der Waals surface area contributed by atoms with Crippen LogP contribution in [0.4, 0.5) is 13.2 Å². The Morgan fingerprint density at radius 1 is 1.16 bits per heavy atom. The van der Waals surface area contributed by atoms with Crippen molar-refractivity contribution in [2.45, 2.75) is 32.3 Å². The Morgan fingerprint density at radius 3 is 2.37 bits per heavy atom. The van der Waals surface area contributed by atoms with E-state index in [2.05, 4.69) is 10.1 Å². The van der Waals surface area contributed by atoms with Crippen molar-refractivity contribution in [2.75, 3.05) is 13.7 Å². The van der Waals surface area contributed by atoms with Crippen molar-refractivity contribution in [1.29, 1.82) is 0 Å². The van der Waals surface area contributed by atoms with Crippen LogP contribution in [0.5, 0.6) is 5.75 Å². The fourth-order valence-electron chi connectivity index (χ4n) is 1.62. The lowest BCUT2D eigenvalue weighted by Gasteiger charge is -2.26. The molecule has 0 saturated carbocycles. The molecule has 108 valence electrons. The molecule has 0 spiro atoms. The highest BCUT2D eigenvalue weighted by molar-refractivity contribution is 5.33. The Morgan fingerprint density at radius 2 is 1.79 bits per heavy atom. The van der Waals surface area contributed by atoms with E-state index in [-0.39, 0.29) is 17.8 Å². The lowest BCUT2D eigenvalue weighted by molar-refractivity contribution is -0.274. The summed E-state index contributed by atoms with van der Waals surface area (Å²) in [5, 5.41) is 3.13. The van der Waals surface area contributed by atoms with Gasteiger partial charge in [0.25, 0.3) is 0 Å². The van der Waals surface area contributed by atoms with Crippen LogP contribution in [0.1, 0.15) is 19.4 Å². The summed E-state index contributed by atoms with van der Waals surface area (Å²) in [6.45, 7) is 4.53. The van der Waals surface area contributed by atoms with Gasteiger partial charge in [0.2, 0.25) is 0 Å². The number of ether oxygens (including phenoxy) is 2. The summed E-state index contributed by atoms with van der Waals surface area (Å²) < 4.78 is 45.8. The topological polar surface area (TPSA) is 30.5 Å². The Kier molecular flexibility index (Phi) is 5.20. The van der Waals surface area contributed by atoms with Crippen molar-refractivity contribution in [3.05, 3.63) is 29.8 Å². The summed E-state index contributed by atoms with van der Waals surface area (Å²) >= 11 is 0. The zero-order valence-electron chi connectivity index (χ0n) is 11.2. The number of benzene rings is 1. The minimum absolute atomic E-state index is 0.185. The smallest absolute Gasteiger partial charge is 0.405 e. The second kappa shape index (κ2) is 6.25. The van der Waals surface area contributed by atoms with Gasteiger partial charge in [0, 0.05) is 24.8 Å². The molecule has 0 aliphatic heterocycles. The third kappa shape index (κ3) is 5.94. The van der Waals surface area contributed by atoms with Crippen molar-refractivity contribution < 1.29 is 22.6 Å². The molecule has 0 bridgehead atoms. The summed E-state index contributed by atoms with van der Waals surface area (Å²) in [5.74, 6) is -0.185. The summed E-state index contributed by atoms with van der Waals surface area (Å²) in [5.41, 5.74) is 0.115. The third-order valence-electron chi connectivity index (χ3n) is 2.46. The molecule has 0 unspecified atom stereocenters. The number of hydrogen-bond donors (Lipinski definition) is 1. The minimum atomic E-state index is -4.68. The van der Waals surface area contributed by atoms with Crippen LogP contribution in [-0.2, 0) is 11.3 Å². The first kappa shape index (κ1) is 15.8. The van der Waals surface area contributed by atoms with Crippen molar-refractivity contribution in [3.8, 4) is 5.75 Å². The number of methoxy groups -OCH3 is 1. The molecule has 0 amide bonds. The van der Waals surface area contributed by atoms with Gasteiger partial charge in [-0.25, -0.2) is 0 Å². The van der Waals surface area contributed by atoms with Gasteiger partial charge in [0.05, 0.1) is 6.61 Å². The molecule has 1 aromatic carbocycles. The maximum absolute atomic E-state index is 12.3. The van der Waals surface area contributed by atoms with Gasteiger partial charge in [-0.05, 0) is 19.9 Å². The Labute approximate surface area is 110 Å². The van der Waals surface area contributed by atoms with E-state index in [4.69, 9.17) is 4.74 Å². The normalized spacial score (nSPS) is 12.5. The predicted molar refractivity (Wildman–Crippen MR) is 65.9 cm³/mol. The molecular weight excluding hydrogens is 259 g/mol. The monoisotopic (exact) mass is 277 g/mol. The molecule has 0 heterocycles. The van der Waals surface area contributed by atoms with Crippen LogP contribution in [0.25, 0.3) is 0 Å². The molecule has 0 fully saturated rings. The molecule has 3 nitrogen and oxygen atoms in total.